The van der Waals surface area contributed by atoms with Gasteiger partial charge in [0.25, 0.3) is 0 Å². The summed E-state index contributed by atoms with van der Waals surface area (Å²) in [6.45, 7) is 0. The molecular formula is C14H16N2O3S. The summed E-state index contributed by atoms with van der Waals surface area (Å²) in [6, 6.07) is 2.98. The van der Waals surface area contributed by atoms with Crippen molar-refractivity contribution in [3.63, 3.8) is 0 Å². The smallest absolute Gasteiger partial charge is 0.228 e. The molecule has 2 aliphatic rings. The van der Waals surface area contributed by atoms with E-state index in [2.05, 4.69) is 22.5 Å². The molecule has 1 N–H and O–H groups in total. The van der Waals surface area contributed by atoms with Crippen LogP contribution >= 0.6 is 0 Å². The maximum absolute atomic E-state index is 12.2. The quantitative estimate of drug-likeness (QED) is 0.859. The summed E-state index contributed by atoms with van der Waals surface area (Å²) in [4.78, 5) is 16.1. The first-order valence-corrected chi connectivity index (χ1v) is 8.48. The number of sulfone groups is 1. The Hall–Kier alpha value is -1.69. The molecule has 2 bridgehead atoms. The Bertz CT molecular complexity index is 664. The summed E-state index contributed by atoms with van der Waals surface area (Å²) in [6.07, 6.45) is 8.79. The number of aromatic nitrogens is 1. The number of hydrogen-bond donors (Lipinski definition) is 1. The number of pyridine rings is 1. The Morgan fingerprint density at radius 2 is 2.10 bits per heavy atom. The molecule has 1 amide bonds. The van der Waals surface area contributed by atoms with E-state index in [1.54, 1.807) is 6.07 Å². The van der Waals surface area contributed by atoms with Gasteiger partial charge in [0.05, 0.1) is 11.9 Å². The average molecular weight is 292 g/mol. The third kappa shape index (κ3) is 2.47. The molecule has 3 rings (SSSR count). The zero-order chi connectivity index (χ0) is 14.3. The molecule has 1 heterocycles. The third-order valence-electron chi connectivity index (χ3n) is 4.00. The zero-order valence-corrected chi connectivity index (χ0v) is 11.9. The highest BCUT2D eigenvalue weighted by Crippen LogP contribution is 2.43. The molecule has 6 heteroatoms. The molecule has 106 valence electrons. The van der Waals surface area contributed by atoms with Crippen LogP contribution in [-0.4, -0.2) is 25.6 Å². The van der Waals surface area contributed by atoms with Crippen LogP contribution in [0.1, 0.15) is 12.8 Å². The van der Waals surface area contributed by atoms with Crippen molar-refractivity contribution in [2.24, 2.45) is 17.8 Å². The third-order valence-corrected chi connectivity index (χ3v) is 5.00. The van der Waals surface area contributed by atoms with Crippen molar-refractivity contribution in [2.75, 3.05) is 11.6 Å². The van der Waals surface area contributed by atoms with Gasteiger partial charge in [-0.3, -0.25) is 4.79 Å². The Labute approximate surface area is 118 Å². The summed E-state index contributed by atoms with van der Waals surface area (Å²) in [5, 5.41) is 2.83. The highest BCUT2D eigenvalue weighted by Gasteiger charge is 2.39. The zero-order valence-electron chi connectivity index (χ0n) is 11.1. The van der Waals surface area contributed by atoms with Crippen LogP contribution in [0.4, 0.5) is 5.69 Å². The van der Waals surface area contributed by atoms with Crippen molar-refractivity contribution in [1.82, 2.24) is 4.98 Å². The molecule has 1 fully saturated rings. The lowest BCUT2D eigenvalue weighted by atomic mass is 9.93. The number of anilines is 1. The van der Waals surface area contributed by atoms with E-state index in [4.69, 9.17) is 0 Å². The summed E-state index contributed by atoms with van der Waals surface area (Å²) in [5.41, 5.74) is 0.536. The van der Waals surface area contributed by atoms with E-state index in [1.165, 1.54) is 12.3 Å². The second kappa shape index (κ2) is 4.70. The van der Waals surface area contributed by atoms with E-state index in [9.17, 15) is 13.2 Å². The molecule has 20 heavy (non-hydrogen) atoms. The van der Waals surface area contributed by atoms with Crippen LogP contribution in [0.25, 0.3) is 0 Å². The van der Waals surface area contributed by atoms with E-state index >= 15 is 0 Å². The molecular weight excluding hydrogens is 276 g/mol. The van der Waals surface area contributed by atoms with Crippen LogP contribution in [0.2, 0.25) is 0 Å². The Kier molecular flexibility index (Phi) is 3.12. The van der Waals surface area contributed by atoms with Crippen LogP contribution in [0, 0.1) is 17.8 Å². The first-order valence-electron chi connectivity index (χ1n) is 6.59. The molecule has 0 unspecified atom stereocenters. The summed E-state index contributed by atoms with van der Waals surface area (Å²) >= 11 is 0. The highest BCUT2D eigenvalue weighted by atomic mass is 32.2. The molecule has 0 aromatic carbocycles. The molecule has 0 spiro atoms. The molecule has 2 aliphatic carbocycles. The number of nitrogens with one attached hydrogen (secondary N) is 1. The number of rotatable bonds is 3. The van der Waals surface area contributed by atoms with Gasteiger partial charge in [0, 0.05) is 12.2 Å². The number of nitrogens with zero attached hydrogens (tertiary/aromatic N) is 1. The standard InChI is InChI=1S/C14H16N2O3S/c1-20(18,19)13-5-4-11(8-15-13)16-14(17)12-7-9-2-3-10(12)6-9/h2-5,8-10,12H,6-7H2,1H3,(H,16,17)/t9-,10-,12+/m0/s1. The predicted octanol–water partition coefficient (Wildman–Crippen LogP) is 1.64. The minimum atomic E-state index is -3.30. The first kappa shape index (κ1) is 13.3. The maximum Gasteiger partial charge on any atom is 0.228 e. The summed E-state index contributed by atoms with van der Waals surface area (Å²) in [7, 11) is -3.30. The van der Waals surface area contributed by atoms with Gasteiger partial charge in [-0.15, -0.1) is 0 Å². The number of carbonyl (C=O) groups is 1. The number of allylic oxidation sites excluding steroid dienone is 2. The molecule has 3 atom stereocenters. The summed E-state index contributed by atoms with van der Waals surface area (Å²) < 4.78 is 22.6. The highest BCUT2D eigenvalue weighted by molar-refractivity contribution is 7.90. The van der Waals surface area contributed by atoms with Gasteiger partial charge in [0.15, 0.2) is 14.9 Å². The molecule has 5 nitrogen and oxygen atoms in total. The first-order chi connectivity index (χ1) is 9.43. The molecule has 1 aromatic heterocycles. The summed E-state index contributed by atoms with van der Waals surface area (Å²) in [5.74, 6) is 0.917. The van der Waals surface area contributed by atoms with Gasteiger partial charge < -0.3 is 5.32 Å². The number of amides is 1. The van der Waals surface area contributed by atoms with E-state index < -0.39 is 9.84 Å². The van der Waals surface area contributed by atoms with Crippen LogP contribution in [-0.2, 0) is 14.6 Å². The van der Waals surface area contributed by atoms with E-state index in [0.717, 1.165) is 19.1 Å². The van der Waals surface area contributed by atoms with E-state index in [0.29, 0.717) is 17.5 Å². The van der Waals surface area contributed by atoms with Crippen LogP contribution in [0.3, 0.4) is 0 Å². The van der Waals surface area contributed by atoms with Gasteiger partial charge in [-0.25, -0.2) is 13.4 Å². The number of fused-ring (bicyclic) bond motifs is 2. The molecule has 1 saturated carbocycles. The molecule has 1 aromatic rings. The molecule has 0 aliphatic heterocycles. The van der Waals surface area contributed by atoms with Crippen molar-refractivity contribution >= 4 is 21.4 Å². The molecule has 0 radical (unpaired) electrons. The fourth-order valence-electron chi connectivity index (χ4n) is 2.99. The number of carbonyl (C=O) groups excluding carboxylic acids is 1. The normalized spacial score (nSPS) is 27.8. The Morgan fingerprint density at radius 3 is 2.60 bits per heavy atom. The van der Waals surface area contributed by atoms with Crippen molar-refractivity contribution in [1.29, 1.82) is 0 Å². The van der Waals surface area contributed by atoms with E-state index in [-0.39, 0.29) is 16.9 Å². The van der Waals surface area contributed by atoms with Gasteiger partial charge in [0.2, 0.25) is 5.91 Å². The van der Waals surface area contributed by atoms with E-state index in [1.807, 2.05) is 0 Å². The Morgan fingerprint density at radius 1 is 1.30 bits per heavy atom. The second-order valence-electron chi connectivity index (χ2n) is 5.53. The van der Waals surface area contributed by atoms with Crippen molar-refractivity contribution in [3.8, 4) is 0 Å². The fourth-order valence-corrected chi connectivity index (χ4v) is 3.55. The van der Waals surface area contributed by atoms with Gasteiger partial charge >= 0.3 is 0 Å². The topological polar surface area (TPSA) is 76.1 Å². The van der Waals surface area contributed by atoms with Crippen molar-refractivity contribution in [2.45, 2.75) is 17.9 Å². The lowest BCUT2D eigenvalue weighted by Gasteiger charge is -2.17. The largest absolute Gasteiger partial charge is 0.324 e. The molecule has 0 saturated heterocycles. The Balaban J connectivity index is 1.69. The lowest BCUT2D eigenvalue weighted by Crippen LogP contribution is -2.26. The number of hydrogen-bond acceptors (Lipinski definition) is 4. The van der Waals surface area contributed by atoms with Crippen molar-refractivity contribution in [3.05, 3.63) is 30.5 Å². The average Bonchev–Trinajstić information content (AvgIpc) is 3.00. The van der Waals surface area contributed by atoms with Crippen molar-refractivity contribution < 1.29 is 13.2 Å². The second-order valence-corrected chi connectivity index (χ2v) is 7.50. The van der Waals surface area contributed by atoms with Gasteiger partial charge in [0.1, 0.15) is 0 Å². The van der Waals surface area contributed by atoms with Crippen LogP contribution in [0.15, 0.2) is 35.5 Å². The lowest BCUT2D eigenvalue weighted by molar-refractivity contribution is -0.120. The maximum atomic E-state index is 12.2. The minimum absolute atomic E-state index is 0.00393. The fraction of sp³-hybridized carbons (Fsp3) is 0.429. The van der Waals surface area contributed by atoms with Gasteiger partial charge in [-0.2, -0.15) is 0 Å². The van der Waals surface area contributed by atoms with Crippen LogP contribution in [0.5, 0.6) is 0 Å². The van der Waals surface area contributed by atoms with Crippen LogP contribution < -0.4 is 5.32 Å². The monoisotopic (exact) mass is 292 g/mol. The predicted molar refractivity (Wildman–Crippen MR) is 74.8 cm³/mol. The minimum Gasteiger partial charge on any atom is -0.324 e. The van der Waals surface area contributed by atoms with Gasteiger partial charge in [-0.1, -0.05) is 12.2 Å². The SMILES string of the molecule is CS(=O)(=O)c1ccc(NC(=O)[C@@H]2C[C@H]3C=C[C@H]2C3)cn1. The van der Waals surface area contributed by atoms with Gasteiger partial charge in [-0.05, 0) is 36.8 Å².